The zero-order chi connectivity index (χ0) is 9.36. The molecular formula is C12H12FeO+2. The summed E-state index contributed by atoms with van der Waals surface area (Å²) >= 11 is 0. The van der Waals surface area contributed by atoms with Crippen molar-refractivity contribution in [2.75, 3.05) is 0 Å². The average molecular weight is 228 g/mol. The molecule has 2 fully saturated rings. The summed E-state index contributed by atoms with van der Waals surface area (Å²) < 4.78 is 0. The van der Waals surface area contributed by atoms with E-state index < -0.39 is 0 Å². The minimum absolute atomic E-state index is 0. The summed E-state index contributed by atoms with van der Waals surface area (Å²) in [6, 6.07) is 0. The molecule has 14 heavy (non-hydrogen) atoms. The van der Waals surface area contributed by atoms with Crippen LogP contribution in [0, 0.1) is 63.7 Å². The van der Waals surface area contributed by atoms with Gasteiger partial charge in [-0.3, -0.25) is 0 Å². The predicted molar refractivity (Wildman–Crippen MR) is 52.6 cm³/mol. The molecule has 0 aliphatic heterocycles. The molecule has 0 aromatic rings. The first-order valence-corrected chi connectivity index (χ1v) is 4.24. The first kappa shape index (κ1) is 14.2. The molecule has 0 heterocycles. The van der Waals surface area contributed by atoms with Crippen LogP contribution in [0.3, 0.4) is 0 Å². The van der Waals surface area contributed by atoms with E-state index in [-0.39, 0.29) is 17.1 Å². The molecule has 1 nitrogen and oxygen atoms in total. The van der Waals surface area contributed by atoms with Crippen molar-refractivity contribution in [1.82, 2.24) is 0 Å². The summed E-state index contributed by atoms with van der Waals surface area (Å²) in [7, 11) is 0. The van der Waals surface area contributed by atoms with Crippen LogP contribution < -0.4 is 0 Å². The van der Waals surface area contributed by atoms with E-state index in [9.17, 15) is 4.79 Å². The van der Waals surface area contributed by atoms with Crippen LogP contribution in [0.1, 0.15) is 6.42 Å². The standard InChI is InChI=1S/C7H7O.C5H5.Fe/c8-6-5-7-3-1-2-4-7;1-2-4-5-3-1;/h1-4,6H,5H2;1-5H;/q;;+2. The molecule has 0 N–H and O–H groups in total. The average Bonchev–Trinajstić information content (AvgIpc) is 2.79. The van der Waals surface area contributed by atoms with Crippen LogP contribution in [0.4, 0.5) is 0 Å². The van der Waals surface area contributed by atoms with Gasteiger partial charge in [-0.25, -0.2) is 0 Å². The van der Waals surface area contributed by atoms with Gasteiger partial charge in [0.25, 0.3) is 0 Å². The van der Waals surface area contributed by atoms with Crippen molar-refractivity contribution in [3.8, 4) is 0 Å². The van der Waals surface area contributed by atoms with Gasteiger partial charge >= 0.3 is 17.1 Å². The van der Waals surface area contributed by atoms with Crippen LogP contribution in [0.2, 0.25) is 0 Å². The molecule has 2 aliphatic carbocycles. The molecule has 2 saturated carbocycles. The van der Waals surface area contributed by atoms with Crippen molar-refractivity contribution >= 4 is 6.29 Å². The van der Waals surface area contributed by atoms with E-state index in [1.807, 2.05) is 57.8 Å². The Balaban J connectivity index is 0.000000246. The molecule has 0 aromatic heterocycles. The molecule has 0 saturated heterocycles. The third-order valence-corrected chi connectivity index (χ3v) is 1.61. The Hall–Kier alpha value is 0.189. The fourth-order valence-electron chi connectivity index (χ4n) is 0.967. The van der Waals surface area contributed by atoms with Crippen LogP contribution in [0.15, 0.2) is 0 Å². The minimum atomic E-state index is 0. The molecule has 0 atom stereocenters. The van der Waals surface area contributed by atoms with E-state index in [0.29, 0.717) is 6.42 Å². The summed E-state index contributed by atoms with van der Waals surface area (Å²) in [6.45, 7) is 0. The summed E-state index contributed by atoms with van der Waals surface area (Å²) in [6.07, 6.45) is 19.2. The van der Waals surface area contributed by atoms with Crippen LogP contribution in [-0.2, 0) is 21.9 Å². The monoisotopic (exact) mass is 228 g/mol. The summed E-state index contributed by atoms with van der Waals surface area (Å²) in [5.41, 5.74) is 0. The Bertz CT molecular complexity index is 119. The largest absolute Gasteiger partial charge is 2.00 e. The molecule has 0 aromatic carbocycles. The van der Waals surface area contributed by atoms with Crippen molar-refractivity contribution in [3.63, 3.8) is 0 Å². The Morgan fingerprint density at radius 1 is 0.857 bits per heavy atom. The van der Waals surface area contributed by atoms with Gasteiger partial charge in [-0.1, -0.05) is 0 Å². The predicted octanol–water partition coefficient (Wildman–Crippen LogP) is 2.00. The van der Waals surface area contributed by atoms with Gasteiger partial charge in [-0.05, 0) is 63.7 Å². The van der Waals surface area contributed by atoms with E-state index in [2.05, 4.69) is 0 Å². The number of rotatable bonds is 2. The maximum atomic E-state index is 9.87. The quantitative estimate of drug-likeness (QED) is 0.521. The molecule has 2 heteroatoms. The molecule has 2 aliphatic rings. The van der Waals surface area contributed by atoms with Gasteiger partial charge in [0.15, 0.2) is 0 Å². The number of hydrogen-bond donors (Lipinski definition) is 0. The second-order valence-corrected chi connectivity index (χ2v) is 2.63. The number of carbonyl (C=O) groups excluding carboxylic acids is 1. The van der Waals surface area contributed by atoms with Gasteiger partial charge in [0, 0.05) is 6.42 Å². The maximum Gasteiger partial charge on any atom is 2.00 e. The molecule has 10 radical (unpaired) electrons. The first-order chi connectivity index (χ1) is 6.43. The zero-order valence-corrected chi connectivity index (χ0v) is 8.85. The zero-order valence-electron chi connectivity index (χ0n) is 7.74. The number of hydrogen-bond acceptors (Lipinski definition) is 1. The molecule has 72 valence electrons. The molecule has 0 spiro atoms. The second kappa shape index (κ2) is 9.73. The summed E-state index contributed by atoms with van der Waals surface area (Å²) in [5, 5.41) is 0. The molecule has 2 rings (SSSR count). The van der Waals surface area contributed by atoms with Crippen LogP contribution in [0.5, 0.6) is 0 Å². The van der Waals surface area contributed by atoms with Crippen molar-refractivity contribution in [1.29, 1.82) is 0 Å². The Labute approximate surface area is 98.5 Å². The fourth-order valence-corrected chi connectivity index (χ4v) is 0.967. The van der Waals surface area contributed by atoms with Crippen LogP contribution >= 0.6 is 0 Å². The van der Waals surface area contributed by atoms with Crippen LogP contribution in [-0.4, -0.2) is 6.29 Å². The molecular weight excluding hydrogens is 216 g/mol. The van der Waals surface area contributed by atoms with E-state index >= 15 is 0 Å². The third-order valence-electron chi connectivity index (χ3n) is 1.61. The Morgan fingerprint density at radius 2 is 1.29 bits per heavy atom. The van der Waals surface area contributed by atoms with Gasteiger partial charge in [0.1, 0.15) is 6.29 Å². The SMILES string of the molecule is O=CC[C]1[CH][CH][CH][CH]1.[CH]1[CH][CH][CH][CH]1.[Fe+2]. The van der Waals surface area contributed by atoms with Gasteiger partial charge in [-0.2, -0.15) is 0 Å². The van der Waals surface area contributed by atoms with Gasteiger partial charge in [0.2, 0.25) is 0 Å². The number of carbonyl (C=O) groups is 1. The molecule has 0 amide bonds. The smallest absolute Gasteiger partial charge is 0.303 e. The minimum Gasteiger partial charge on any atom is -0.303 e. The fraction of sp³-hybridized carbons (Fsp3) is 0.0833. The van der Waals surface area contributed by atoms with E-state index in [1.54, 1.807) is 0 Å². The van der Waals surface area contributed by atoms with Gasteiger partial charge < -0.3 is 4.79 Å². The van der Waals surface area contributed by atoms with Crippen molar-refractivity contribution in [3.05, 3.63) is 63.7 Å². The van der Waals surface area contributed by atoms with Gasteiger partial charge in [0.05, 0.1) is 0 Å². The normalized spacial score (nSPS) is 20.9. The van der Waals surface area contributed by atoms with Gasteiger partial charge in [-0.15, -0.1) is 0 Å². The third kappa shape index (κ3) is 6.61. The van der Waals surface area contributed by atoms with Crippen molar-refractivity contribution in [2.45, 2.75) is 6.42 Å². The van der Waals surface area contributed by atoms with E-state index in [1.165, 1.54) is 0 Å². The van der Waals surface area contributed by atoms with E-state index in [0.717, 1.165) is 12.2 Å². The van der Waals surface area contributed by atoms with E-state index in [4.69, 9.17) is 0 Å². The topological polar surface area (TPSA) is 17.1 Å². The maximum absolute atomic E-state index is 9.87. The Kier molecular flexibility index (Phi) is 9.87. The molecule has 0 unspecified atom stereocenters. The first-order valence-electron chi connectivity index (χ1n) is 4.24. The van der Waals surface area contributed by atoms with Crippen molar-refractivity contribution in [2.24, 2.45) is 0 Å². The second-order valence-electron chi connectivity index (χ2n) is 2.63. The number of aldehydes is 1. The summed E-state index contributed by atoms with van der Waals surface area (Å²) in [4.78, 5) is 9.87. The molecule has 0 bridgehead atoms. The van der Waals surface area contributed by atoms with Crippen molar-refractivity contribution < 1.29 is 21.9 Å². The van der Waals surface area contributed by atoms with Crippen LogP contribution in [0.25, 0.3) is 0 Å². The summed E-state index contributed by atoms with van der Waals surface area (Å²) in [5.74, 6) is 1.10. The Morgan fingerprint density at radius 3 is 1.64 bits per heavy atom.